The van der Waals surface area contributed by atoms with Gasteiger partial charge in [-0.25, -0.2) is 9.97 Å². The second-order valence-electron chi connectivity index (χ2n) is 8.39. The standard InChI is InChI=1S/C23H26F2N4O2/c1-14-7-9-15(10-8-14)17-12-29-13-18(19(31-3)11-21(29)27-17)28-22(30)16-5-4-6-20(26-16)23(2,24)25/h4-6,11-15H,7-10H2,1-3H3,(H,28,30)/t14-,15-. The highest BCUT2D eigenvalue weighted by molar-refractivity contribution is 6.03. The first kappa shape index (κ1) is 21.2. The zero-order valence-electron chi connectivity index (χ0n) is 17.9. The van der Waals surface area contributed by atoms with Crippen LogP contribution in [0.3, 0.4) is 0 Å². The molecule has 0 unspecified atom stereocenters. The number of alkyl halides is 2. The van der Waals surface area contributed by atoms with Crippen LogP contribution < -0.4 is 10.1 Å². The van der Waals surface area contributed by atoms with E-state index >= 15 is 0 Å². The molecule has 3 aromatic rings. The van der Waals surface area contributed by atoms with Gasteiger partial charge in [0.1, 0.15) is 28.5 Å². The molecule has 0 radical (unpaired) electrons. The smallest absolute Gasteiger partial charge is 0.287 e. The van der Waals surface area contributed by atoms with Crippen molar-refractivity contribution in [2.75, 3.05) is 12.4 Å². The lowest BCUT2D eigenvalue weighted by Gasteiger charge is -2.24. The predicted octanol–water partition coefficient (Wildman–Crippen LogP) is 5.40. The van der Waals surface area contributed by atoms with Crippen LogP contribution in [0.15, 0.2) is 36.7 Å². The number of pyridine rings is 2. The van der Waals surface area contributed by atoms with E-state index in [4.69, 9.17) is 9.72 Å². The lowest BCUT2D eigenvalue weighted by atomic mass is 9.82. The molecule has 1 saturated carbocycles. The molecule has 1 fully saturated rings. The number of carbonyl (C=O) groups is 1. The lowest BCUT2D eigenvalue weighted by Crippen LogP contribution is -2.18. The number of methoxy groups -OCH3 is 1. The monoisotopic (exact) mass is 428 g/mol. The number of nitrogens with zero attached hydrogens (tertiary/aromatic N) is 3. The molecule has 164 valence electrons. The Balaban J connectivity index is 1.60. The summed E-state index contributed by atoms with van der Waals surface area (Å²) in [4.78, 5) is 21.3. The molecular weight excluding hydrogens is 402 g/mol. The van der Waals surface area contributed by atoms with Gasteiger partial charge in [0.2, 0.25) is 0 Å². The van der Waals surface area contributed by atoms with Crippen molar-refractivity contribution >= 4 is 17.2 Å². The molecule has 0 bridgehead atoms. The molecule has 8 heteroatoms. The van der Waals surface area contributed by atoms with Gasteiger partial charge in [-0.15, -0.1) is 0 Å². The van der Waals surface area contributed by atoms with Crippen LogP contribution in [0, 0.1) is 5.92 Å². The van der Waals surface area contributed by atoms with E-state index in [9.17, 15) is 13.6 Å². The number of anilines is 1. The quantitative estimate of drug-likeness (QED) is 0.591. The summed E-state index contributed by atoms with van der Waals surface area (Å²) < 4.78 is 34.4. The number of imidazole rings is 1. The van der Waals surface area contributed by atoms with Crippen molar-refractivity contribution < 1.29 is 18.3 Å². The Hall–Kier alpha value is -3.03. The third kappa shape index (κ3) is 4.52. The van der Waals surface area contributed by atoms with Crippen molar-refractivity contribution in [3.8, 4) is 5.75 Å². The summed E-state index contributed by atoms with van der Waals surface area (Å²) >= 11 is 0. The molecule has 0 atom stereocenters. The summed E-state index contributed by atoms with van der Waals surface area (Å²) in [5.41, 5.74) is 1.63. The molecule has 3 heterocycles. The molecule has 6 nitrogen and oxygen atoms in total. The highest BCUT2D eigenvalue weighted by atomic mass is 19.3. The lowest BCUT2D eigenvalue weighted by molar-refractivity contribution is 0.0126. The molecular formula is C23H26F2N4O2. The first-order valence-corrected chi connectivity index (χ1v) is 10.5. The fourth-order valence-corrected chi connectivity index (χ4v) is 4.04. The van der Waals surface area contributed by atoms with Crippen LogP contribution >= 0.6 is 0 Å². The van der Waals surface area contributed by atoms with Crippen molar-refractivity contribution in [1.29, 1.82) is 0 Å². The van der Waals surface area contributed by atoms with Gasteiger partial charge in [-0.05, 0) is 30.9 Å². The molecule has 1 N–H and O–H groups in total. The van der Waals surface area contributed by atoms with E-state index < -0.39 is 17.5 Å². The Kier molecular flexibility index (Phi) is 5.64. The van der Waals surface area contributed by atoms with Crippen LogP contribution in [0.4, 0.5) is 14.5 Å². The second kappa shape index (κ2) is 8.24. The molecule has 4 rings (SSSR count). The van der Waals surface area contributed by atoms with Crippen molar-refractivity contribution in [2.24, 2.45) is 5.92 Å². The Labute approximate surface area is 179 Å². The summed E-state index contributed by atoms with van der Waals surface area (Å²) in [5.74, 6) is -2.09. The number of hydrogen-bond donors (Lipinski definition) is 1. The van der Waals surface area contributed by atoms with Gasteiger partial charge >= 0.3 is 0 Å². The van der Waals surface area contributed by atoms with Crippen LogP contribution in [0.5, 0.6) is 5.75 Å². The summed E-state index contributed by atoms with van der Waals surface area (Å²) in [6.07, 6.45) is 8.36. The molecule has 31 heavy (non-hydrogen) atoms. The SMILES string of the molecule is COc1cc2nc([C@H]3CC[C@H](C)CC3)cn2cc1NC(=O)c1cccc(C(C)(F)F)n1. The zero-order chi connectivity index (χ0) is 22.2. The highest BCUT2D eigenvalue weighted by Crippen LogP contribution is 2.36. The normalized spacial score (nSPS) is 19.4. The maximum absolute atomic E-state index is 13.6. The molecule has 3 aromatic heterocycles. The van der Waals surface area contributed by atoms with E-state index in [1.807, 2.05) is 10.6 Å². The maximum atomic E-state index is 13.6. The maximum Gasteiger partial charge on any atom is 0.287 e. The number of rotatable bonds is 5. The van der Waals surface area contributed by atoms with E-state index in [-0.39, 0.29) is 5.69 Å². The van der Waals surface area contributed by atoms with Crippen LogP contribution in [-0.2, 0) is 5.92 Å². The molecule has 0 aromatic carbocycles. The van der Waals surface area contributed by atoms with Gasteiger partial charge in [0, 0.05) is 31.3 Å². The summed E-state index contributed by atoms with van der Waals surface area (Å²) in [6, 6.07) is 5.74. The van der Waals surface area contributed by atoms with E-state index in [1.165, 1.54) is 38.2 Å². The van der Waals surface area contributed by atoms with Crippen molar-refractivity contribution in [3.63, 3.8) is 0 Å². The van der Waals surface area contributed by atoms with Crippen LogP contribution in [0.1, 0.15) is 67.3 Å². The average molecular weight is 428 g/mol. The minimum atomic E-state index is -3.13. The van der Waals surface area contributed by atoms with Gasteiger partial charge in [-0.1, -0.05) is 25.8 Å². The Morgan fingerprint density at radius 3 is 2.61 bits per heavy atom. The van der Waals surface area contributed by atoms with Crippen LogP contribution in [-0.4, -0.2) is 27.4 Å². The first-order valence-electron chi connectivity index (χ1n) is 10.5. The van der Waals surface area contributed by atoms with Crippen molar-refractivity contribution in [1.82, 2.24) is 14.4 Å². The summed E-state index contributed by atoms with van der Waals surface area (Å²) in [5, 5.41) is 2.72. The van der Waals surface area contributed by atoms with Gasteiger partial charge in [0.25, 0.3) is 11.8 Å². The zero-order valence-corrected chi connectivity index (χ0v) is 17.9. The van der Waals surface area contributed by atoms with Crippen molar-refractivity contribution in [2.45, 2.75) is 51.4 Å². The molecule has 1 aliphatic carbocycles. The third-order valence-corrected chi connectivity index (χ3v) is 5.91. The Morgan fingerprint density at radius 2 is 1.94 bits per heavy atom. The van der Waals surface area contributed by atoms with Crippen LogP contribution in [0.2, 0.25) is 0 Å². The van der Waals surface area contributed by atoms with Crippen LogP contribution in [0.25, 0.3) is 5.65 Å². The molecule has 0 aliphatic heterocycles. The number of ether oxygens (including phenoxy) is 1. The van der Waals surface area contributed by atoms with E-state index in [2.05, 4.69) is 17.2 Å². The molecule has 0 saturated heterocycles. The Morgan fingerprint density at radius 1 is 1.19 bits per heavy atom. The highest BCUT2D eigenvalue weighted by Gasteiger charge is 2.27. The molecule has 1 amide bonds. The third-order valence-electron chi connectivity index (χ3n) is 5.91. The number of amides is 1. The minimum Gasteiger partial charge on any atom is -0.494 e. The summed E-state index contributed by atoms with van der Waals surface area (Å²) in [6.45, 7) is 3.03. The number of fused-ring (bicyclic) bond motifs is 1. The molecule has 0 spiro atoms. The number of hydrogen-bond acceptors (Lipinski definition) is 4. The number of carbonyl (C=O) groups excluding carboxylic acids is 1. The average Bonchev–Trinajstić information content (AvgIpc) is 3.16. The van der Waals surface area contributed by atoms with E-state index in [0.29, 0.717) is 17.4 Å². The second-order valence-corrected chi connectivity index (χ2v) is 8.39. The van der Waals surface area contributed by atoms with E-state index in [1.54, 1.807) is 12.3 Å². The Bertz CT molecular complexity index is 1100. The number of nitrogens with one attached hydrogen (secondary N) is 1. The van der Waals surface area contributed by atoms with Gasteiger partial charge in [0.15, 0.2) is 0 Å². The summed E-state index contributed by atoms with van der Waals surface area (Å²) in [7, 11) is 1.50. The van der Waals surface area contributed by atoms with Gasteiger partial charge in [-0.3, -0.25) is 4.79 Å². The van der Waals surface area contributed by atoms with Gasteiger partial charge in [0.05, 0.1) is 12.8 Å². The first-order chi connectivity index (χ1) is 14.7. The fourth-order valence-electron chi connectivity index (χ4n) is 4.04. The van der Waals surface area contributed by atoms with Crippen molar-refractivity contribution in [3.05, 3.63) is 53.7 Å². The number of halogens is 2. The minimum absolute atomic E-state index is 0.0937. The predicted molar refractivity (Wildman–Crippen MR) is 114 cm³/mol. The van der Waals surface area contributed by atoms with E-state index in [0.717, 1.165) is 37.0 Å². The topological polar surface area (TPSA) is 68.5 Å². The fraction of sp³-hybridized carbons (Fsp3) is 0.435. The largest absolute Gasteiger partial charge is 0.494 e. The number of aromatic nitrogens is 3. The molecule has 1 aliphatic rings. The van der Waals surface area contributed by atoms with Gasteiger partial charge < -0.3 is 14.5 Å². The van der Waals surface area contributed by atoms with Gasteiger partial charge in [-0.2, -0.15) is 8.78 Å².